The molecule has 28 heavy (non-hydrogen) atoms. The molecule has 1 aliphatic rings. The largest absolute Gasteiger partial charge is 0.486 e. The van der Waals surface area contributed by atoms with Crippen LogP contribution in [-0.4, -0.2) is 31.3 Å². The van der Waals surface area contributed by atoms with Gasteiger partial charge in [-0.1, -0.05) is 52.0 Å². The summed E-state index contributed by atoms with van der Waals surface area (Å²) in [7, 11) is 0. The Morgan fingerprint density at radius 2 is 1.82 bits per heavy atom. The molecule has 0 radical (unpaired) electrons. The second-order valence-electron chi connectivity index (χ2n) is 8.03. The Balaban J connectivity index is 1.53. The molecule has 0 aliphatic carbocycles. The fourth-order valence-corrected chi connectivity index (χ4v) is 3.01. The van der Waals surface area contributed by atoms with E-state index in [1.165, 1.54) is 5.56 Å². The molecule has 0 spiro atoms. The number of para-hydroxylation sites is 2. The third-order valence-corrected chi connectivity index (χ3v) is 4.73. The minimum Gasteiger partial charge on any atom is -0.486 e. The third kappa shape index (κ3) is 4.97. The number of hydrogen-bond donors (Lipinski definition) is 1. The molecule has 2 aromatic rings. The Morgan fingerprint density at radius 1 is 1.14 bits per heavy atom. The number of benzene rings is 2. The monoisotopic (exact) mass is 383 g/mol. The first-order chi connectivity index (χ1) is 13.4. The first kappa shape index (κ1) is 20.1. The second kappa shape index (κ2) is 8.55. The van der Waals surface area contributed by atoms with Crippen LogP contribution in [0.3, 0.4) is 0 Å². The van der Waals surface area contributed by atoms with Crippen LogP contribution in [0.5, 0.6) is 17.2 Å². The number of fused-ring (bicyclic) bond motifs is 1. The maximum Gasteiger partial charge on any atom is 0.261 e. The molecule has 1 amide bonds. The maximum atomic E-state index is 12.6. The van der Waals surface area contributed by atoms with Gasteiger partial charge in [0.2, 0.25) is 0 Å². The highest BCUT2D eigenvalue weighted by Gasteiger charge is 2.24. The number of carbonyl (C=O) groups is 1. The molecular formula is C23H29NO4. The van der Waals surface area contributed by atoms with Crippen molar-refractivity contribution in [1.29, 1.82) is 0 Å². The van der Waals surface area contributed by atoms with E-state index in [2.05, 4.69) is 26.1 Å². The molecule has 1 aliphatic heterocycles. The van der Waals surface area contributed by atoms with E-state index in [0.29, 0.717) is 31.1 Å². The molecule has 3 rings (SSSR count). The molecule has 0 unspecified atom stereocenters. The summed E-state index contributed by atoms with van der Waals surface area (Å²) in [6.07, 6.45) is -0.183. The van der Waals surface area contributed by atoms with E-state index in [1.54, 1.807) is 0 Å². The van der Waals surface area contributed by atoms with Gasteiger partial charge in [0.1, 0.15) is 18.5 Å². The lowest BCUT2D eigenvalue weighted by atomic mass is 9.87. The van der Waals surface area contributed by atoms with Gasteiger partial charge in [0.25, 0.3) is 5.91 Å². The molecule has 5 nitrogen and oxygen atoms in total. The number of rotatable bonds is 6. The molecule has 1 heterocycles. The van der Waals surface area contributed by atoms with Crippen molar-refractivity contribution in [2.24, 2.45) is 0 Å². The van der Waals surface area contributed by atoms with E-state index in [-0.39, 0.29) is 17.4 Å². The Morgan fingerprint density at radius 3 is 2.46 bits per heavy atom. The van der Waals surface area contributed by atoms with E-state index < -0.39 is 6.10 Å². The molecule has 1 N–H and O–H groups in total. The number of hydrogen-bond acceptors (Lipinski definition) is 4. The summed E-state index contributed by atoms with van der Waals surface area (Å²) in [5.74, 6) is 1.99. The van der Waals surface area contributed by atoms with Crippen molar-refractivity contribution < 1.29 is 19.0 Å². The smallest absolute Gasteiger partial charge is 0.261 e. The lowest BCUT2D eigenvalue weighted by Gasteiger charge is -2.27. The SMILES string of the molecule is CC[C@H](Oc1ccc(C(C)(C)C)cc1)C(=O)NC[C@H]1COc2ccccc2O1. The molecule has 2 atom stereocenters. The van der Waals surface area contributed by atoms with Gasteiger partial charge in [-0.05, 0) is 41.7 Å². The molecule has 0 fully saturated rings. The Hall–Kier alpha value is -2.69. The number of ether oxygens (including phenoxy) is 3. The van der Waals surface area contributed by atoms with Crippen LogP contribution in [0.2, 0.25) is 0 Å². The highest BCUT2D eigenvalue weighted by atomic mass is 16.6. The van der Waals surface area contributed by atoms with Gasteiger partial charge >= 0.3 is 0 Å². The zero-order chi connectivity index (χ0) is 20.1. The second-order valence-corrected chi connectivity index (χ2v) is 8.03. The summed E-state index contributed by atoms with van der Waals surface area (Å²) in [5, 5.41) is 2.92. The van der Waals surface area contributed by atoms with Crippen LogP contribution >= 0.6 is 0 Å². The summed E-state index contributed by atoms with van der Waals surface area (Å²) in [6.45, 7) is 9.21. The van der Waals surface area contributed by atoms with Crippen LogP contribution in [0.15, 0.2) is 48.5 Å². The van der Waals surface area contributed by atoms with Crippen LogP contribution in [-0.2, 0) is 10.2 Å². The topological polar surface area (TPSA) is 56.8 Å². The van der Waals surface area contributed by atoms with Crippen molar-refractivity contribution in [2.45, 2.75) is 51.7 Å². The van der Waals surface area contributed by atoms with Crippen molar-refractivity contribution in [3.8, 4) is 17.2 Å². The van der Waals surface area contributed by atoms with Crippen LogP contribution in [0, 0.1) is 0 Å². The minimum absolute atomic E-state index is 0.0841. The average molecular weight is 383 g/mol. The third-order valence-electron chi connectivity index (χ3n) is 4.73. The van der Waals surface area contributed by atoms with Crippen molar-refractivity contribution in [1.82, 2.24) is 5.32 Å². The fraction of sp³-hybridized carbons (Fsp3) is 0.435. The van der Waals surface area contributed by atoms with E-state index in [1.807, 2.05) is 55.5 Å². The molecule has 0 saturated carbocycles. The van der Waals surface area contributed by atoms with Gasteiger partial charge in [0, 0.05) is 0 Å². The summed E-state index contributed by atoms with van der Waals surface area (Å²) in [6, 6.07) is 15.5. The van der Waals surface area contributed by atoms with Gasteiger partial charge in [-0.3, -0.25) is 4.79 Å². The molecule has 5 heteroatoms. The van der Waals surface area contributed by atoms with Gasteiger partial charge in [-0.2, -0.15) is 0 Å². The Bertz CT molecular complexity index is 795. The van der Waals surface area contributed by atoms with Crippen LogP contribution in [0.1, 0.15) is 39.7 Å². The van der Waals surface area contributed by atoms with Crippen molar-refractivity contribution in [3.05, 3.63) is 54.1 Å². The first-order valence-corrected chi connectivity index (χ1v) is 9.80. The summed E-state index contributed by atoms with van der Waals surface area (Å²) >= 11 is 0. The maximum absolute atomic E-state index is 12.6. The van der Waals surface area contributed by atoms with Gasteiger partial charge in [0.15, 0.2) is 17.6 Å². The standard InChI is InChI=1S/C23H29NO4/c1-5-19(27-17-12-10-16(11-13-17)23(2,3)4)22(25)24-14-18-15-26-20-8-6-7-9-21(20)28-18/h6-13,18-19H,5,14-15H2,1-4H3,(H,24,25)/t18-,19-/m0/s1. The predicted molar refractivity (Wildman–Crippen MR) is 109 cm³/mol. The van der Waals surface area contributed by atoms with Gasteiger partial charge < -0.3 is 19.5 Å². The van der Waals surface area contributed by atoms with Gasteiger partial charge in [-0.15, -0.1) is 0 Å². The molecule has 0 aromatic heterocycles. The molecule has 150 valence electrons. The zero-order valence-electron chi connectivity index (χ0n) is 17.0. The minimum atomic E-state index is -0.544. The molecule has 2 aromatic carbocycles. The highest BCUT2D eigenvalue weighted by molar-refractivity contribution is 5.81. The first-order valence-electron chi connectivity index (χ1n) is 9.80. The Labute approximate surface area is 167 Å². The van der Waals surface area contributed by atoms with Crippen LogP contribution < -0.4 is 19.5 Å². The van der Waals surface area contributed by atoms with E-state index in [9.17, 15) is 4.79 Å². The lowest BCUT2D eigenvalue weighted by molar-refractivity contribution is -0.128. The normalized spacial score (nSPS) is 16.9. The summed E-state index contributed by atoms with van der Waals surface area (Å²) < 4.78 is 17.5. The predicted octanol–water partition coefficient (Wildman–Crippen LogP) is 4.10. The van der Waals surface area contributed by atoms with Crippen molar-refractivity contribution in [2.75, 3.05) is 13.2 Å². The van der Waals surface area contributed by atoms with Crippen molar-refractivity contribution in [3.63, 3.8) is 0 Å². The van der Waals surface area contributed by atoms with E-state index >= 15 is 0 Å². The van der Waals surface area contributed by atoms with E-state index in [0.717, 1.165) is 5.75 Å². The number of carbonyl (C=O) groups excluding carboxylic acids is 1. The lowest BCUT2D eigenvalue weighted by Crippen LogP contribution is -2.45. The van der Waals surface area contributed by atoms with Gasteiger partial charge in [0.05, 0.1) is 6.54 Å². The zero-order valence-corrected chi connectivity index (χ0v) is 17.0. The van der Waals surface area contributed by atoms with E-state index in [4.69, 9.17) is 14.2 Å². The fourth-order valence-electron chi connectivity index (χ4n) is 3.01. The number of amides is 1. The van der Waals surface area contributed by atoms with Crippen LogP contribution in [0.4, 0.5) is 0 Å². The molecular weight excluding hydrogens is 354 g/mol. The summed E-state index contributed by atoms with van der Waals surface area (Å²) in [5.41, 5.74) is 1.31. The van der Waals surface area contributed by atoms with Crippen molar-refractivity contribution >= 4 is 5.91 Å². The number of nitrogens with one attached hydrogen (secondary N) is 1. The summed E-state index contributed by atoms with van der Waals surface area (Å²) in [4.78, 5) is 12.6. The highest BCUT2D eigenvalue weighted by Crippen LogP contribution is 2.30. The molecule has 0 saturated heterocycles. The Kier molecular flexibility index (Phi) is 6.12. The van der Waals surface area contributed by atoms with Crippen LogP contribution in [0.25, 0.3) is 0 Å². The quantitative estimate of drug-likeness (QED) is 0.816. The average Bonchev–Trinajstić information content (AvgIpc) is 2.69. The molecule has 0 bridgehead atoms. The van der Waals surface area contributed by atoms with Gasteiger partial charge in [-0.25, -0.2) is 0 Å².